The Morgan fingerprint density at radius 1 is 1.11 bits per heavy atom. The van der Waals surface area contributed by atoms with Gasteiger partial charge in [-0.25, -0.2) is 4.79 Å². The number of ether oxygens (including phenoxy) is 1. The van der Waals surface area contributed by atoms with Gasteiger partial charge in [-0.05, 0) is 31.0 Å². The molecule has 0 N–H and O–H groups in total. The highest BCUT2D eigenvalue weighted by atomic mass is 32.2. The van der Waals surface area contributed by atoms with Crippen molar-refractivity contribution in [1.29, 1.82) is 0 Å². The van der Waals surface area contributed by atoms with Crippen molar-refractivity contribution >= 4 is 23.6 Å². The summed E-state index contributed by atoms with van der Waals surface area (Å²) < 4.78 is 5.44. The second kappa shape index (κ2) is 9.09. The van der Waals surface area contributed by atoms with Crippen LogP contribution in [0.4, 0.5) is 0 Å². The molecule has 0 aromatic heterocycles. The minimum atomic E-state index is -0.564. The summed E-state index contributed by atoms with van der Waals surface area (Å²) in [4.78, 5) is 27.7. The van der Waals surface area contributed by atoms with Gasteiger partial charge in [0.25, 0.3) is 5.91 Å². The van der Waals surface area contributed by atoms with Gasteiger partial charge in [-0.1, -0.05) is 61.4 Å². The second-order valence-corrected chi connectivity index (χ2v) is 7.82. The summed E-state index contributed by atoms with van der Waals surface area (Å²) in [5.41, 5.74) is 2.71. The topological polar surface area (TPSA) is 46.6 Å². The Labute approximate surface area is 164 Å². The van der Waals surface area contributed by atoms with Crippen LogP contribution in [0.15, 0.2) is 54.6 Å². The van der Waals surface area contributed by atoms with Crippen molar-refractivity contribution in [1.82, 2.24) is 4.90 Å². The van der Waals surface area contributed by atoms with Crippen molar-refractivity contribution in [3.05, 3.63) is 71.3 Å². The highest BCUT2D eigenvalue weighted by Gasteiger charge is 2.43. The number of thioether (sulfide) groups is 1. The molecule has 2 aromatic rings. The van der Waals surface area contributed by atoms with Gasteiger partial charge in [-0.15, -0.1) is 11.8 Å². The highest BCUT2D eigenvalue weighted by Crippen LogP contribution is 2.42. The number of carbonyl (C=O) groups is 2. The lowest BCUT2D eigenvalue weighted by Gasteiger charge is -2.28. The van der Waals surface area contributed by atoms with Gasteiger partial charge in [0, 0.05) is 11.3 Å². The van der Waals surface area contributed by atoms with E-state index in [0.29, 0.717) is 17.9 Å². The SMILES string of the molecule is CCCCOC(=O)[C@@H]1CS[C@@H](c2ccccc2)N1C(=O)c1ccc(C)cc1. The lowest BCUT2D eigenvalue weighted by Crippen LogP contribution is -2.44. The third-order valence-corrected chi connectivity index (χ3v) is 5.96. The van der Waals surface area contributed by atoms with Gasteiger partial charge in [0.1, 0.15) is 11.4 Å². The zero-order chi connectivity index (χ0) is 19.2. The maximum atomic E-state index is 13.3. The summed E-state index contributed by atoms with van der Waals surface area (Å²) in [6.45, 7) is 4.44. The fourth-order valence-corrected chi connectivity index (χ4v) is 4.48. The number of unbranched alkanes of at least 4 members (excludes halogenated alkanes) is 1. The molecule has 142 valence electrons. The van der Waals surface area contributed by atoms with Crippen LogP contribution in [0.5, 0.6) is 0 Å². The average molecular weight is 384 g/mol. The summed E-state index contributed by atoms with van der Waals surface area (Å²) in [5, 5.41) is -0.191. The highest BCUT2D eigenvalue weighted by molar-refractivity contribution is 7.99. The molecule has 0 aliphatic carbocycles. The molecular formula is C22H25NO3S. The molecule has 1 heterocycles. The van der Waals surface area contributed by atoms with Crippen molar-refractivity contribution in [3.8, 4) is 0 Å². The number of hydrogen-bond donors (Lipinski definition) is 0. The van der Waals surface area contributed by atoms with Crippen molar-refractivity contribution in [2.45, 2.75) is 38.1 Å². The van der Waals surface area contributed by atoms with Gasteiger partial charge in [0.05, 0.1) is 6.61 Å². The van der Waals surface area contributed by atoms with E-state index in [1.165, 1.54) is 0 Å². The summed E-state index contributed by atoms with van der Waals surface area (Å²) in [6, 6.07) is 16.8. The number of carbonyl (C=O) groups excluding carboxylic acids is 2. The molecule has 0 saturated carbocycles. The van der Waals surface area contributed by atoms with Crippen LogP contribution in [0.25, 0.3) is 0 Å². The smallest absolute Gasteiger partial charge is 0.329 e. The van der Waals surface area contributed by atoms with Gasteiger partial charge < -0.3 is 9.64 Å². The lowest BCUT2D eigenvalue weighted by atomic mass is 10.1. The number of aryl methyl sites for hydroxylation is 1. The summed E-state index contributed by atoms with van der Waals surface area (Å²) in [6.07, 6.45) is 1.80. The Kier molecular flexibility index (Phi) is 6.56. The number of amides is 1. The van der Waals surface area contributed by atoms with Crippen molar-refractivity contribution < 1.29 is 14.3 Å². The Morgan fingerprint density at radius 3 is 2.48 bits per heavy atom. The van der Waals surface area contributed by atoms with E-state index in [9.17, 15) is 9.59 Å². The van der Waals surface area contributed by atoms with E-state index in [4.69, 9.17) is 4.74 Å². The summed E-state index contributed by atoms with van der Waals surface area (Å²) >= 11 is 1.61. The molecule has 4 nitrogen and oxygen atoms in total. The summed E-state index contributed by atoms with van der Waals surface area (Å²) in [7, 11) is 0. The van der Waals surface area contributed by atoms with Gasteiger partial charge in [-0.3, -0.25) is 4.79 Å². The zero-order valence-corrected chi connectivity index (χ0v) is 16.6. The molecule has 0 unspecified atom stereocenters. The molecule has 1 saturated heterocycles. The molecule has 1 amide bonds. The lowest BCUT2D eigenvalue weighted by molar-refractivity contribution is -0.148. The molecular weight excluding hydrogens is 358 g/mol. The third kappa shape index (κ3) is 4.53. The van der Waals surface area contributed by atoms with Crippen LogP contribution in [-0.4, -0.2) is 35.2 Å². The maximum absolute atomic E-state index is 13.3. The number of rotatable bonds is 6. The van der Waals surface area contributed by atoms with E-state index >= 15 is 0 Å². The molecule has 0 spiro atoms. The summed E-state index contributed by atoms with van der Waals surface area (Å²) in [5.74, 6) is 0.100. The van der Waals surface area contributed by atoms with Crippen LogP contribution in [0.1, 0.15) is 46.6 Å². The van der Waals surface area contributed by atoms with E-state index < -0.39 is 6.04 Å². The maximum Gasteiger partial charge on any atom is 0.329 e. The first kappa shape index (κ1) is 19.5. The largest absolute Gasteiger partial charge is 0.464 e. The van der Waals surface area contributed by atoms with Gasteiger partial charge in [0.2, 0.25) is 0 Å². The Hall–Kier alpha value is -2.27. The Balaban J connectivity index is 1.88. The molecule has 1 aliphatic rings. The van der Waals surface area contributed by atoms with E-state index in [1.807, 2.05) is 61.5 Å². The zero-order valence-electron chi connectivity index (χ0n) is 15.8. The van der Waals surface area contributed by atoms with Crippen LogP contribution in [0.3, 0.4) is 0 Å². The third-order valence-electron chi connectivity index (χ3n) is 4.63. The first-order chi connectivity index (χ1) is 13.1. The fraction of sp³-hybridized carbons (Fsp3) is 0.364. The molecule has 2 aromatic carbocycles. The predicted molar refractivity (Wildman–Crippen MR) is 109 cm³/mol. The Morgan fingerprint density at radius 2 is 1.81 bits per heavy atom. The molecule has 1 fully saturated rings. The molecule has 1 aliphatic heterocycles. The number of nitrogens with zero attached hydrogens (tertiary/aromatic N) is 1. The van der Waals surface area contributed by atoms with Crippen molar-refractivity contribution in [2.75, 3.05) is 12.4 Å². The van der Waals surface area contributed by atoms with Crippen LogP contribution in [0.2, 0.25) is 0 Å². The van der Waals surface area contributed by atoms with E-state index in [1.54, 1.807) is 16.7 Å². The van der Waals surface area contributed by atoms with Crippen LogP contribution < -0.4 is 0 Å². The molecule has 0 radical (unpaired) electrons. The molecule has 3 rings (SSSR count). The van der Waals surface area contributed by atoms with Crippen molar-refractivity contribution in [3.63, 3.8) is 0 Å². The second-order valence-electron chi connectivity index (χ2n) is 6.71. The standard InChI is InChI=1S/C22H25NO3S/c1-3-4-14-26-22(25)19-15-27-21(18-8-6-5-7-9-18)23(19)20(24)17-12-10-16(2)11-13-17/h5-13,19,21H,3-4,14-15H2,1-2H3/t19-,21-/m0/s1. The van der Waals surface area contributed by atoms with Gasteiger partial charge in [-0.2, -0.15) is 0 Å². The van der Waals surface area contributed by atoms with E-state index in [0.717, 1.165) is 24.0 Å². The average Bonchev–Trinajstić information content (AvgIpc) is 3.14. The molecule has 5 heteroatoms. The number of hydrogen-bond acceptors (Lipinski definition) is 4. The predicted octanol–water partition coefficient (Wildman–Crippen LogP) is 4.59. The monoisotopic (exact) mass is 383 g/mol. The van der Waals surface area contributed by atoms with E-state index in [-0.39, 0.29) is 17.3 Å². The number of benzene rings is 2. The normalized spacial score (nSPS) is 19.1. The first-order valence-corrected chi connectivity index (χ1v) is 10.4. The Bertz CT molecular complexity index is 776. The fourth-order valence-electron chi connectivity index (χ4n) is 3.07. The van der Waals surface area contributed by atoms with Gasteiger partial charge in [0.15, 0.2) is 0 Å². The quantitative estimate of drug-likeness (QED) is 0.540. The first-order valence-electron chi connectivity index (χ1n) is 9.34. The van der Waals surface area contributed by atoms with E-state index in [2.05, 4.69) is 6.92 Å². The van der Waals surface area contributed by atoms with Crippen LogP contribution in [0, 0.1) is 6.92 Å². The minimum Gasteiger partial charge on any atom is -0.464 e. The van der Waals surface area contributed by atoms with Crippen LogP contribution >= 0.6 is 11.8 Å². The van der Waals surface area contributed by atoms with Crippen LogP contribution in [-0.2, 0) is 9.53 Å². The van der Waals surface area contributed by atoms with Crippen molar-refractivity contribution in [2.24, 2.45) is 0 Å². The molecule has 27 heavy (non-hydrogen) atoms. The molecule has 0 bridgehead atoms. The molecule has 2 atom stereocenters. The van der Waals surface area contributed by atoms with Gasteiger partial charge >= 0.3 is 5.97 Å². The minimum absolute atomic E-state index is 0.133. The number of esters is 1.